The number of hydrogen-bond donors (Lipinski definition) is 2. The number of rotatable bonds is 5. The van der Waals surface area contributed by atoms with E-state index < -0.39 is 0 Å². The van der Waals surface area contributed by atoms with E-state index in [-0.39, 0.29) is 11.9 Å². The Morgan fingerprint density at radius 2 is 1.87 bits per heavy atom. The topological polar surface area (TPSA) is 70.7 Å². The van der Waals surface area contributed by atoms with Crippen molar-refractivity contribution in [3.05, 3.63) is 88.4 Å². The molecular weight excluding hydrogens is 414 g/mol. The maximum absolute atomic E-state index is 12.9. The molecule has 0 saturated heterocycles. The minimum Gasteiger partial charge on any atom is -0.495 e. The first-order chi connectivity index (χ1) is 15.0. The van der Waals surface area contributed by atoms with Gasteiger partial charge in [-0.1, -0.05) is 41.9 Å². The lowest BCUT2D eigenvalue weighted by Gasteiger charge is -2.18. The molecule has 1 aliphatic rings. The fourth-order valence-electron chi connectivity index (χ4n) is 3.61. The number of fused-ring (bicyclic) bond motifs is 1. The molecule has 2 N–H and O–H groups in total. The minimum absolute atomic E-state index is 0.0183. The van der Waals surface area contributed by atoms with Crippen molar-refractivity contribution in [2.24, 2.45) is 0 Å². The Labute approximate surface area is 185 Å². The van der Waals surface area contributed by atoms with Crippen molar-refractivity contribution in [1.82, 2.24) is 5.32 Å². The van der Waals surface area contributed by atoms with Crippen molar-refractivity contribution in [2.75, 3.05) is 23.9 Å². The first-order valence-corrected chi connectivity index (χ1v) is 10.3. The number of halogens is 1. The maximum Gasteiger partial charge on any atom is 0.319 e. The molecule has 1 aliphatic heterocycles. The molecule has 0 bridgehead atoms. The summed E-state index contributed by atoms with van der Waals surface area (Å²) in [6.45, 7) is 0.963. The molecule has 0 radical (unpaired) electrons. The van der Waals surface area contributed by atoms with Gasteiger partial charge >= 0.3 is 6.03 Å². The second kappa shape index (κ2) is 9.10. The number of ether oxygens (including phenoxy) is 1. The van der Waals surface area contributed by atoms with E-state index in [0.29, 0.717) is 35.1 Å². The van der Waals surface area contributed by atoms with Crippen molar-refractivity contribution in [3.8, 4) is 5.75 Å². The smallest absolute Gasteiger partial charge is 0.319 e. The first kappa shape index (κ1) is 20.8. The molecule has 0 fully saturated rings. The molecular formula is C24H22ClN3O3. The van der Waals surface area contributed by atoms with E-state index in [1.165, 1.54) is 7.11 Å². The zero-order valence-corrected chi connectivity index (χ0v) is 17.8. The van der Waals surface area contributed by atoms with Crippen molar-refractivity contribution in [2.45, 2.75) is 13.0 Å². The molecule has 3 aromatic carbocycles. The first-order valence-electron chi connectivity index (χ1n) is 9.92. The van der Waals surface area contributed by atoms with E-state index in [2.05, 4.69) is 10.6 Å². The van der Waals surface area contributed by atoms with Gasteiger partial charge in [-0.3, -0.25) is 4.79 Å². The summed E-state index contributed by atoms with van der Waals surface area (Å²) in [5.41, 5.74) is 4.07. The van der Waals surface area contributed by atoms with Crippen molar-refractivity contribution < 1.29 is 14.3 Å². The lowest BCUT2D eigenvalue weighted by atomic mass is 10.1. The van der Waals surface area contributed by atoms with Crippen LogP contribution < -0.4 is 20.3 Å². The predicted molar refractivity (Wildman–Crippen MR) is 122 cm³/mol. The molecule has 31 heavy (non-hydrogen) atoms. The van der Waals surface area contributed by atoms with Crippen LogP contribution in [-0.2, 0) is 13.0 Å². The second-order valence-electron chi connectivity index (χ2n) is 7.19. The van der Waals surface area contributed by atoms with Crippen LogP contribution in [0.4, 0.5) is 16.2 Å². The van der Waals surface area contributed by atoms with Gasteiger partial charge in [-0.05, 0) is 53.9 Å². The molecule has 0 aromatic heterocycles. The molecule has 1 heterocycles. The number of benzene rings is 3. The molecule has 4 rings (SSSR count). The van der Waals surface area contributed by atoms with Crippen LogP contribution in [0.2, 0.25) is 5.02 Å². The maximum atomic E-state index is 12.9. The predicted octanol–water partition coefficient (Wildman–Crippen LogP) is 4.87. The number of hydrogen-bond acceptors (Lipinski definition) is 3. The third-order valence-electron chi connectivity index (χ3n) is 5.17. The highest BCUT2D eigenvalue weighted by Gasteiger charge is 2.25. The SMILES string of the molecule is COc1ccc(Cl)cc1NC(=O)NCc1ccc2c(c1)N(C(=O)c1ccccc1)CC2. The number of carbonyl (C=O) groups excluding carboxylic acids is 2. The van der Waals surface area contributed by atoms with Gasteiger partial charge in [0.05, 0.1) is 12.8 Å². The second-order valence-corrected chi connectivity index (χ2v) is 7.62. The van der Waals surface area contributed by atoms with Crippen LogP contribution in [0.25, 0.3) is 0 Å². The third kappa shape index (κ3) is 4.64. The normalized spacial score (nSPS) is 12.3. The Kier molecular flexibility index (Phi) is 6.09. The summed E-state index contributed by atoms with van der Waals surface area (Å²) in [5.74, 6) is 0.502. The highest BCUT2D eigenvalue weighted by molar-refractivity contribution is 6.31. The fraction of sp³-hybridized carbons (Fsp3) is 0.167. The summed E-state index contributed by atoms with van der Waals surface area (Å²) < 4.78 is 5.25. The van der Waals surface area contributed by atoms with Crippen LogP contribution in [0.5, 0.6) is 5.75 Å². The van der Waals surface area contributed by atoms with Gasteiger partial charge in [0.2, 0.25) is 0 Å². The molecule has 0 atom stereocenters. The third-order valence-corrected chi connectivity index (χ3v) is 5.41. The Morgan fingerprint density at radius 3 is 2.65 bits per heavy atom. The minimum atomic E-state index is -0.377. The number of amides is 3. The molecule has 7 heteroatoms. The fourth-order valence-corrected chi connectivity index (χ4v) is 3.78. The lowest BCUT2D eigenvalue weighted by Crippen LogP contribution is -2.29. The monoisotopic (exact) mass is 435 g/mol. The van der Waals surface area contributed by atoms with Gasteiger partial charge in [0.15, 0.2) is 0 Å². The quantitative estimate of drug-likeness (QED) is 0.600. The van der Waals surface area contributed by atoms with E-state index in [1.807, 2.05) is 48.5 Å². The Hall–Kier alpha value is -3.51. The average molecular weight is 436 g/mol. The zero-order chi connectivity index (χ0) is 21.8. The Morgan fingerprint density at radius 1 is 1.06 bits per heavy atom. The van der Waals surface area contributed by atoms with Crippen LogP contribution in [0.1, 0.15) is 21.5 Å². The summed E-state index contributed by atoms with van der Waals surface area (Å²) in [5, 5.41) is 6.08. The van der Waals surface area contributed by atoms with Crippen LogP contribution in [0.3, 0.4) is 0 Å². The van der Waals surface area contributed by atoms with Crippen LogP contribution in [0, 0.1) is 0 Å². The number of methoxy groups -OCH3 is 1. The highest BCUT2D eigenvalue weighted by atomic mass is 35.5. The van der Waals surface area contributed by atoms with E-state index in [4.69, 9.17) is 16.3 Å². The Bertz CT molecular complexity index is 1120. The van der Waals surface area contributed by atoms with E-state index >= 15 is 0 Å². The zero-order valence-electron chi connectivity index (χ0n) is 17.0. The summed E-state index contributed by atoms with van der Waals surface area (Å²) in [7, 11) is 1.53. The summed E-state index contributed by atoms with van der Waals surface area (Å²) in [6, 6.07) is 19.8. The number of nitrogens with zero attached hydrogens (tertiary/aromatic N) is 1. The number of carbonyl (C=O) groups is 2. The van der Waals surface area contributed by atoms with Crippen molar-refractivity contribution in [3.63, 3.8) is 0 Å². The molecule has 3 aromatic rings. The summed E-state index contributed by atoms with van der Waals surface area (Å²) in [4.78, 5) is 27.1. The molecule has 0 unspecified atom stereocenters. The van der Waals surface area contributed by atoms with Crippen molar-refractivity contribution >= 4 is 34.9 Å². The van der Waals surface area contributed by atoms with Gasteiger partial charge in [-0.2, -0.15) is 0 Å². The summed E-state index contributed by atoms with van der Waals surface area (Å²) in [6.07, 6.45) is 0.816. The van der Waals surface area contributed by atoms with Crippen LogP contribution in [-0.4, -0.2) is 25.6 Å². The van der Waals surface area contributed by atoms with Crippen LogP contribution in [0.15, 0.2) is 66.7 Å². The molecule has 0 spiro atoms. The largest absolute Gasteiger partial charge is 0.495 e. The van der Waals surface area contributed by atoms with Gasteiger partial charge in [-0.15, -0.1) is 0 Å². The van der Waals surface area contributed by atoms with Gasteiger partial charge < -0.3 is 20.3 Å². The molecule has 158 valence electrons. The molecule has 3 amide bonds. The summed E-state index contributed by atoms with van der Waals surface area (Å²) >= 11 is 6.01. The highest BCUT2D eigenvalue weighted by Crippen LogP contribution is 2.31. The number of urea groups is 1. The van der Waals surface area contributed by atoms with Gasteiger partial charge in [0.1, 0.15) is 5.75 Å². The van der Waals surface area contributed by atoms with E-state index in [1.54, 1.807) is 23.1 Å². The average Bonchev–Trinajstić information content (AvgIpc) is 3.21. The van der Waals surface area contributed by atoms with Gasteiger partial charge in [0, 0.05) is 29.4 Å². The molecule has 0 saturated carbocycles. The van der Waals surface area contributed by atoms with E-state index in [0.717, 1.165) is 23.2 Å². The molecule has 6 nitrogen and oxygen atoms in total. The number of anilines is 2. The van der Waals surface area contributed by atoms with Gasteiger partial charge in [-0.25, -0.2) is 4.79 Å². The standard InChI is InChI=1S/C24H22ClN3O3/c1-31-22-10-9-19(25)14-20(22)27-24(30)26-15-16-7-8-17-11-12-28(21(17)13-16)23(29)18-5-3-2-4-6-18/h2-10,13-14H,11-12,15H2,1H3,(H2,26,27,30). The van der Waals surface area contributed by atoms with Crippen molar-refractivity contribution in [1.29, 1.82) is 0 Å². The lowest BCUT2D eigenvalue weighted by molar-refractivity contribution is 0.0989. The molecule has 0 aliphatic carbocycles. The van der Waals surface area contributed by atoms with Gasteiger partial charge in [0.25, 0.3) is 5.91 Å². The van der Waals surface area contributed by atoms with Crippen LogP contribution >= 0.6 is 11.6 Å². The number of nitrogens with one attached hydrogen (secondary N) is 2. The van der Waals surface area contributed by atoms with E-state index in [9.17, 15) is 9.59 Å². The Balaban J connectivity index is 1.43.